The van der Waals surface area contributed by atoms with Gasteiger partial charge in [0.25, 0.3) is 5.91 Å². The van der Waals surface area contributed by atoms with Gasteiger partial charge in [-0.2, -0.15) is 20.3 Å². The van der Waals surface area contributed by atoms with E-state index in [4.69, 9.17) is 14.2 Å². The zero-order valence-electron chi connectivity index (χ0n) is 22.1. The first-order valence-electron chi connectivity index (χ1n) is 13.2. The summed E-state index contributed by atoms with van der Waals surface area (Å²) in [5, 5.41) is 14.8. The van der Waals surface area contributed by atoms with Gasteiger partial charge in [-0.1, -0.05) is 44.9 Å². The number of anilines is 2. The minimum Gasteiger partial charge on any atom is -0.491 e. The zero-order valence-corrected chi connectivity index (χ0v) is 22.1. The van der Waals surface area contributed by atoms with Crippen LogP contribution in [0.1, 0.15) is 46.5 Å². The average molecular weight is 508 g/mol. The zero-order chi connectivity index (χ0) is 26.0. The molecule has 9 nitrogen and oxygen atoms in total. The number of nitrogens with zero attached hydrogens (tertiary/aromatic N) is 5. The predicted molar refractivity (Wildman–Crippen MR) is 146 cm³/mol. The lowest BCUT2D eigenvalue weighted by molar-refractivity contribution is -0.117. The second-order valence-electron chi connectivity index (χ2n) is 9.14. The SMILES string of the molecule is CCCCOc1cc(N2CCOCC2)c(OCCCC)cc1N=NC1C(=O)N(c2ccccc2)N=C1C. The molecule has 4 rings (SSSR count). The summed E-state index contributed by atoms with van der Waals surface area (Å²) >= 11 is 0. The van der Waals surface area contributed by atoms with E-state index < -0.39 is 6.04 Å². The number of para-hydroxylation sites is 1. The lowest BCUT2D eigenvalue weighted by Crippen LogP contribution is -2.36. The number of rotatable bonds is 12. The van der Waals surface area contributed by atoms with Gasteiger partial charge >= 0.3 is 0 Å². The number of hydrazone groups is 1. The number of azo groups is 1. The quantitative estimate of drug-likeness (QED) is 0.269. The van der Waals surface area contributed by atoms with Gasteiger partial charge in [0.2, 0.25) is 0 Å². The Kier molecular flexibility index (Phi) is 9.48. The Hall–Kier alpha value is -3.46. The molecule has 2 aliphatic rings. The molecule has 2 heterocycles. The van der Waals surface area contributed by atoms with E-state index in [0.29, 0.717) is 49.3 Å². The van der Waals surface area contributed by atoms with Crippen LogP contribution in [0.5, 0.6) is 11.5 Å². The van der Waals surface area contributed by atoms with Crippen molar-refractivity contribution < 1.29 is 19.0 Å². The summed E-state index contributed by atoms with van der Waals surface area (Å²) in [5.41, 5.74) is 2.80. The molecule has 9 heteroatoms. The normalized spacial score (nSPS) is 18.0. The highest BCUT2D eigenvalue weighted by Crippen LogP contribution is 2.41. The predicted octanol–water partition coefficient (Wildman–Crippen LogP) is 5.76. The number of carbonyl (C=O) groups excluding carboxylic acids is 1. The molecule has 1 unspecified atom stereocenters. The van der Waals surface area contributed by atoms with Crippen LogP contribution in [0, 0.1) is 0 Å². The molecule has 1 atom stereocenters. The Morgan fingerprint density at radius 2 is 1.68 bits per heavy atom. The highest BCUT2D eigenvalue weighted by molar-refractivity contribution is 6.18. The van der Waals surface area contributed by atoms with Crippen molar-refractivity contribution in [2.24, 2.45) is 15.3 Å². The largest absolute Gasteiger partial charge is 0.491 e. The van der Waals surface area contributed by atoms with E-state index in [2.05, 4.69) is 34.1 Å². The van der Waals surface area contributed by atoms with E-state index in [0.717, 1.165) is 50.2 Å². The van der Waals surface area contributed by atoms with Crippen LogP contribution in [0.25, 0.3) is 0 Å². The van der Waals surface area contributed by atoms with Crippen molar-refractivity contribution >= 4 is 28.7 Å². The van der Waals surface area contributed by atoms with Gasteiger partial charge in [0, 0.05) is 25.2 Å². The summed E-state index contributed by atoms with van der Waals surface area (Å²) in [6, 6.07) is 12.4. The standard InChI is InChI=1S/C28H37N5O4/c1-4-6-15-36-25-20-24(32-13-17-35-18-14-32)26(37-16-7-5-2)19-23(25)29-30-27-21(3)31-33(28(27)34)22-11-9-8-10-12-22/h8-12,19-20,27H,4-7,13-18H2,1-3H3. The molecule has 37 heavy (non-hydrogen) atoms. The van der Waals surface area contributed by atoms with E-state index >= 15 is 0 Å². The maximum atomic E-state index is 13.1. The van der Waals surface area contributed by atoms with Gasteiger partial charge in [-0.15, -0.1) is 0 Å². The number of carbonyl (C=O) groups is 1. The first-order chi connectivity index (χ1) is 18.1. The maximum Gasteiger partial charge on any atom is 0.280 e. The minimum absolute atomic E-state index is 0.231. The fourth-order valence-corrected chi connectivity index (χ4v) is 4.12. The molecular weight excluding hydrogens is 470 g/mol. The van der Waals surface area contributed by atoms with Crippen LogP contribution in [-0.4, -0.2) is 57.2 Å². The topological polar surface area (TPSA) is 88.3 Å². The van der Waals surface area contributed by atoms with Crippen LogP contribution in [-0.2, 0) is 9.53 Å². The average Bonchev–Trinajstić information content (AvgIpc) is 3.22. The number of hydrogen-bond donors (Lipinski definition) is 0. The second-order valence-corrected chi connectivity index (χ2v) is 9.14. The van der Waals surface area contributed by atoms with E-state index in [1.165, 1.54) is 5.01 Å². The number of amides is 1. The third kappa shape index (κ3) is 6.65. The molecule has 0 radical (unpaired) electrons. The van der Waals surface area contributed by atoms with Crippen LogP contribution < -0.4 is 19.4 Å². The van der Waals surface area contributed by atoms with E-state index in [9.17, 15) is 4.79 Å². The molecule has 1 amide bonds. The minimum atomic E-state index is -0.785. The van der Waals surface area contributed by atoms with Crippen molar-refractivity contribution in [3.8, 4) is 11.5 Å². The van der Waals surface area contributed by atoms with E-state index in [-0.39, 0.29) is 5.91 Å². The van der Waals surface area contributed by atoms with Crippen molar-refractivity contribution in [1.29, 1.82) is 0 Å². The molecular formula is C28H37N5O4. The number of ether oxygens (including phenoxy) is 3. The highest BCUT2D eigenvalue weighted by atomic mass is 16.5. The van der Waals surface area contributed by atoms with Crippen molar-refractivity contribution in [3.05, 3.63) is 42.5 Å². The van der Waals surface area contributed by atoms with Crippen LogP contribution in [0.3, 0.4) is 0 Å². The van der Waals surface area contributed by atoms with E-state index in [1.807, 2.05) is 42.5 Å². The second kappa shape index (κ2) is 13.2. The number of benzene rings is 2. The molecule has 0 aliphatic carbocycles. The smallest absolute Gasteiger partial charge is 0.280 e. The van der Waals surface area contributed by atoms with Gasteiger partial charge in [-0.3, -0.25) is 4.79 Å². The molecule has 0 bridgehead atoms. The number of morpholine rings is 1. The van der Waals surface area contributed by atoms with Gasteiger partial charge in [0.1, 0.15) is 17.2 Å². The Morgan fingerprint density at radius 1 is 1.00 bits per heavy atom. The molecule has 0 saturated carbocycles. The highest BCUT2D eigenvalue weighted by Gasteiger charge is 2.34. The first-order valence-corrected chi connectivity index (χ1v) is 13.2. The Morgan fingerprint density at radius 3 is 2.35 bits per heavy atom. The van der Waals surface area contributed by atoms with Gasteiger partial charge in [0.15, 0.2) is 6.04 Å². The van der Waals surface area contributed by atoms with Gasteiger partial charge < -0.3 is 19.1 Å². The molecule has 2 aromatic carbocycles. The summed E-state index contributed by atoms with van der Waals surface area (Å²) in [5.74, 6) is 1.13. The lowest BCUT2D eigenvalue weighted by atomic mass is 10.2. The van der Waals surface area contributed by atoms with Gasteiger partial charge in [-0.05, 0) is 31.9 Å². The Labute approximate surface area is 219 Å². The summed E-state index contributed by atoms with van der Waals surface area (Å²) in [4.78, 5) is 15.4. The number of hydrogen-bond acceptors (Lipinski definition) is 8. The maximum absolute atomic E-state index is 13.1. The first kappa shape index (κ1) is 26.6. The third-order valence-electron chi connectivity index (χ3n) is 6.28. The number of unbranched alkanes of at least 4 members (excludes halogenated alkanes) is 2. The van der Waals surface area contributed by atoms with Crippen molar-refractivity contribution in [2.45, 2.75) is 52.5 Å². The fraction of sp³-hybridized carbons (Fsp3) is 0.500. The molecule has 1 fully saturated rings. The van der Waals surface area contributed by atoms with Crippen LogP contribution in [0.2, 0.25) is 0 Å². The third-order valence-corrected chi connectivity index (χ3v) is 6.28. The fourth-order valence-electron chi connectivity index (χ4n) is 4.12. The molecule has 0 spiro atoms. The van der Waals surface area contributed by atoms with Gasteiger partial charge in [-0.25, -0.2) is 0 Å². The lowest BCUT2D eigenvalue weighted by Gasteiger charge is -2.31. The monoisotopic (exact) mass is 507 g/mol. The molecule has 1 saturated heterocycles. The summed E-state index contributed by atoms with van der Waals surface area (Å²) in [7, 11) is 0. The van der Waals surface area contributed by atoms with Gasteiger partial charge in [0.05, 0.1) is 43.5 Å². The van der Waals surface area contributed by atoms with Crippen molar-refractivity contribution in [1.82, 2.24) is 0 Å². The van der Waals surface area contributed by atoms with Crippen LogP contribution >= 0.6 is 0 Å². The van der Waals surface area contributed by atoms with Crippen molar-refractivity contribution in [3.63, 3.8) is 0 Å². The molecule has 0 aromatic heterocycles. The molecule has 2 aromatic rings. The summed E-state index contributed by atoms with van der Waals surface area (Å²) in [6.07, 6.45) is 3.94. The van der Waals surface area contributed by atoms with Crippen LogP contribution in [0.4, 0.5) is 17.1 Å². The molecule has 198 valence electrons. The Balaban J connectivity index is 1.64. The summed E-state index contributed by atoms with van der Waals surface area (Å²) < 4.78 is 17.9. The van der Waals surface area contributed by atoms with Crippen molar-refractivity contribution in [2.75, 3.05) is 49.4 Å². The molecule has 0 N–H and O–H groups in total. The Bertz CT molecular complexity index is 1100. The summed E-state index contributed by atoms with van der Waals surface area (Å²) in [6.45, 7) is 10.1. The van der Waals surface area contributed by atoms with Crippen LogP contribution in [0.15, 0.2) is 57.8 Å². The molecule has 2 aliphatic heterocycles. The van der Waals surface area contributed by atoms with E-state index in [1.54, 1.807) is 6.92 Å².